The number of pyridine rings is 1. The van der Waals surface area contributed by atoms with E-state index in [0.29, 0.717) is 5.02 Å². The molecule has 1 aromatic carbocycles. The highest BCUT2D eigenvalue weighted by Crippen LogP contribution is 2.14. The Bertz CT molecular complexity index is 632. The zero-order valence-electron chi connectivity index (χ0n) is 10.6. The molecule has 1 heterocycles. The molecule has 0 atom stereocenters. The molecule has 1 amide bonds. The fourth-order valence-corrected chi connectivity index (χ4v) is 1.85. The summed E-state index contributed by atoms with van der Waals surface area (Å²) in [5.74, 6) is -3.13. The maximum Gasteiger partial charge on any atom is 0.257 e. The molecule has 0 aliphatic heterocycles. The highest BCUT2D eigenvalue weighted by Gasteiger charge is 2.19. The average Bonchev–Trinajstić information content (AvgIpc) is 2.43. The summed E-state index contributed by atoms with van der Waals surface area (Å²) in [4.78, 5) is 16.5. The van der Waals surface area contributed by atoms with Crippen LogP contribution in [0.15, 0.2) is 36.5 Å². The number of halogens is 3. The number of carbonyl (C=O) groups is 1. The molecule has 0 N–H and O–H groups in total. The van der Waals surface area contributed by atoms with E-state index >= 15 is 0 Å². The lowest BCUT2D eigenvalue weighted by atomic mass is 10.2. The zero-order chi connectivity index (χ0) is 14.7. The maximum absolute atomic E-state index is 13.5. The van der Waals surface area contributed by atoms with Gasteiger partial charge in [-0.2, -0.15) is 4.39 Å². The number of hydrogen-bond donors (Lipinski definition) is 0. The van der Waals surface area contributed by atoms with Gasteiger partial charge in [0, 0.05) is 24.8 Å². The van der Waals surface area contributed by atoms with Gasteiger partial charge >= 0.3 is 0 Å². The molecule has 1 aromatic heterocycles. The first kappa shape index (κ1) is 14.4. The van der Waals surface area contributed by atoms with Gasteiger partial charge in [-0.1, -0.05) is 23.7 Å². The Morgan fingerprint density at radius 1 is 1.25 bits per heavy atom. The van der Waals surface area contributed by atoms with Crippen LogP contribution in [0, 0.1) is 11.8 Å². The summed E-state index contributed by atoms with van der Waals surface area (Å²) < 4.78 is 26.5. The van der Waals surface area contributed by atoms with Crippen molar-refractivity contribution in [2.75, 3.05) is 7.05 Å². The molecule has 0 bridgehead atoms. The minimum Gasteiger partial charge on any atom is -0.337 e. The summed E-state index contributed by atoms with van der Waals surface area (Å²) in [5, 5.41) is 0.588. The Labute approximate surface area is 119 Å². The predicted octanol–water partition coefficient (Wildman–Crippen LogP) is 3.29. The first-order valence-corrected chi connectivity index (χ1v) is 6.16. The summed E-state index contributed by atoms with van der Waals surface area (Å²) >= 11 is 5.77. The van der Waals surface area contributed by atoms with Crippen LogP contribution in [0.4, 0.5) is 8.78 Å². The smallest absolute Gasteiger partial charge is 0.257 e. The van der Waals surface area contributed by atoms with Gasteiger partial charge in [0.2, 0.25) is 5.95 Å². The summed E-state index contributed by atoms with van der Waals surface area (Å²) in [5.41, 5.74) is 0.495. The standard InChI is InChI=1S/C14H11ClF2N2O/c1-19(8-9-2-4-10(15)5-3-9)14(20)11-6-7-18-13(17)12(11)16/h2-7H,8H2,1H3. The number of hydrogen-bond acceptors (Lipinski definition) is 2. The third-order valence-corrected chi connectivity index (χ3v) is 3.01. The molecule has 0 saturated heterocycles. The summed E-state index contributed by atoms with van der Waals surface area (Å²) in [6, 6.07) is 8.06. The quantitative estimate of drug-likeness (QED) is 0.814. The fraction of sp³-hybridized carbons (Fsp3) is 0.143. The van der Waals surface area contributed by atoms with Crippen molar-refractivity contribution >= 4 is 17.5 Å². The Morgan fingerprint density at radius 3 is 2.55 bits per heavy atom. The van der Waals surface area contributed by atoms with E-state index < -0.39 is 17.7 Å². The number of carbonyl (C=O) groups excluding carboxylic acids is 1. The molecule has 0 unspecified atom stereocenters. The lowest BCUT2D eigenvalue weighted by Gasteiger charge is -2.17. The van der Waals surface area contributed by atoms with Crippen LogP contribution in [0.5, 0.6) is 0 Å². The van der Waals surface area contributed by atoms with Crippen LogP contribution in [0.1, 0.15) is 15.9 Å². The van der Waals surface area contributed by atoms with Gasteiger partial charge in [0.05, 0.1) is 5.56 Å². The number of benzene rings is 1. The van der Waals surface area contributed by atoms with Crippen molar-refractivity contribution in [2.24, 2.45) is 0 Å². The predicted molar refractivity (Wildman–Crippen MR) is 71.4 cm³/mol. The lowest BCUT2D eigenvalue weighted by Crippen LogP contribution is -2.27. The van der Waals surface area contributed by atoms with E-state index in [1.54, 1.807) is 24.3 Å². The fourth-order valence-electron chi connectivity index (χ4n) is 1.72. The van der Waals surface area contributed by atoms with Crippen molar-refractivity contribution in [1.82, 2.24) is 9.88 Å². The highest BCUT2D eigenvalue weighted by atomic mass is 35.5. The van der Waals surface area contributed by atoms with E-state index in [1.807, 2.05) is 0 Å². The molecule has 2 rings (SSSR count). The molecule has 20 heavy (non-hydrogen) atoms. The summed E-state index contributed by atoms with van der Waals surface area (Å²) in [7, 11) is 1.51. The van der Waals surface area contributed by atoms with Gasteiger partial charge in [-0.25, -0.2) is 9.37 Å². The second-order valence-corrected chi connectivity index (χ2v) is 4.69. The van der Waals surface area contributed by atoms with E-state index in [9.17, 15) is 13.6 Å². The summed E-state index contributed by atoms with van der Waals surface area (Å²) in [6.45, 7) is 0.263. The van der Waals surface area contributed by atoms with Crippen LogP contribution in [-0.2, 0) is 6.54 Å². The van der Waals surface area contributed by atoms with Gasteiger partial charge < -0.3 is 4.90 Å². The largest absolute Gasteiger partial charge is 0.337 e. The molecule has 6 heteroatoms. The average molecular weight is 297 g/mol. The van der Waals surface area contributed by atoms with E-state index in [0.717, 1.165) is 17.8 Å². The van der Waals surface area contributed by atoms with Gasteiger partial charge in [0.1, 0.15) is 0 Å². The second kappa shape index (κ2) is 5.96. The third-order valence-electron chi connectivity index (χ3n) is 2.76. The van der Waals surface area contributed by atoms with E-state index in [-0.39, 0.29) is 12.1 Å². The highest BCUT2D eigenvalue weighted by molar-refractivity contribution is 6.30. The third kappa shape index (κ3) is 3.11. The molecule has 3 nitrogen and oxygen atoms in total. The molecular weight excluding hydrogens is 286 g/mol. The molecule has 0 aliphatic carbocycles. The van der Waals surface area contributed by atoms with Crippen LogP contribution >= 0.6 is 11.6 Å². The SMILES string of the molecule is CN(Cc1ccc(Cl)cc1)C(=O)c1ccnc(F)c1F. The van der Waals surface area contributed by atoms with Crippen LogP contribution in [0.3, 0.4) is 0 Å². The molecule has 0 spiro atoms. The first-order chi connectivity index (χ1) is 9.49. The molecule has 104 valence electrons. The maximum atomic E-state index is 13.5. The van der Waals surface area contributed by atoms with Crippen molar-refractivity contribution < 1.29 is 13.6 Å². The molecule has 2 aromatic rings. The van der Waals surface area contributed by atoms with Gasteiger partial charge in [0.15, 0.2) is 5.82 Å². The Hall–Kier alpha value is -2.01. The van der Waals surface area contributed by atoms with Gasteiger partial charge in [0.25, 0.3) is 5.91 Å². The van der Waals surface area contributed by atoms with Crippen LogP contribution in [0.25, 0.3) is 0 Å². The Kier molecular flexibility index (Phi) is 4.29. The zero-order valence-corrected chi connectivity index (χ0v) is 11.4. The van der Waals surface area contributed by atoms with Crippen LogP contribution in [0.2, 0.25) is 5.02 Å². The van der Waals surface area contributed by atoms with Gasteiger partial charge in [-0.15, -0.1) is 0 Å². The Morgan fingerprint density at radius 2 is 1.90 bits per heavy atom. The minimum absolute atomic E-state index is 0.263. The summed E-state index contributed by atoms with van der Waals surface area (Å²) in [6.07, 6.45) is 1.06. The minimum atomic E-state index is -1.28. The van der Waals surface area contributed by atoms with Crippen molar-refractivity contribution in [1.29, 1.82) is 0 Å². The number of aromatic nitrogens is 1. The monoisotopic (exact) mass is 296 g/mol. The molecule has 0 saturated carbocycles. The topological polar surface area (TPSA) is 33.2 Å². The van der Waals surface area contributed by atoms with Crippen molar-refractivity contribution in [3.63, 3.8) is 0 Å². The van der Waals surface area contributed by atoms with E-state index in [1.165, 1.54) is 11.9 Å². The number of amides is 1. The second-order valence-electron chi connectivity index (χ2n) is 4.25. The van der Waals surface area contributed by atoms with Crippen LogP contribution in [-0.4, -0.2) is 22.8 Å². The first-order valence-electron chi connectivity index (χ1n) is 5.79. The molecule has 0 fully saturated rings. The van der Waals surface area contributed by atoms with Crippen molar-refractivity contribution in [2.45, 2.75) is 6.54 Å². The van der Waals surface area contributed by atoms with Gasteiger partial charge in [-0.3, -0.25) is 4.79 Å². The molecular formula is C14H11ClF2N2O. The van der Waals surface area contributed by atoms with Crippen LogP contribution < -0.4 is 0 Å². The van der Waals surface area contributed by atoms with Crippen molar-refractivity contribution in [3.8, 4) is 0 Å². The van der Waals surface area contributed by atoms with E-state index in [2.05, 4.69) is 4.98 Å². The Balaban J connectivity index is 2.16. The molecule has 0 aliphatic rings. The van der Waals surface area contributed by atoms with Crippen molar-refractivity contribution in [3.05, 3.63) is 64.4 Å². The molecule has 0 radical (unpaired) electrons. The number of nitrogens with zero attached hydrogens (tertiary/aromatic N) is 2. The van der Waals surface area contributed by atoms with Gasteiger partial charge in [-0.05, 0) is 23.8 Å². The number of rotatable bonds is 3. The van der Waals surface area contributed by atoms with E-state index in [4.69, 9.17) is 11.6 Å². The normalized spacial score (nSPS) is 10.4. The lowest BCUT2D eigenvalue weighted by molar-refractivity contribution is 0.0779.